The van der Waals surface area contributed by atoms with Gasteiger partial charge in [-0.15, -0.1) is 11.6 Å². The standard InChI is InChI=1S/C10H7ClO2S/c11-4-6-1-7(5-12)8-3-10(13)14-9(8)2-6/h1-3,5,13H,4H2. The van der Waals surface area contributed by atoms with Gasteiger partial charge in [0.25, 0.3) is 0 Å². The van der Waals surface area contributed by atoms with Crippen LogP contribution < -0.4 is 0 Å². The van der Waals surface area contributed by atoms with Gasteiger partial charge in [0.1, 0.15) is 0 Å². The van der Waals surface area contributed by atoms with Crippen LogP contribution >= 0.6 is 22.9 Å². The Bertz CT molecular complexity index is 490. The molecule has 1 aromatic carbocycles. The Kier molecular flexibility index (Phi) is 2.44. The lowest BCUT2D eigenvalue weighted by atomic mass is 10.1. The maximum Gasteiger partial charge on any atom is 0.172 e. The summed E-state index contributed by atoms with van der Waals surface area (Å²) in [5, 5.41) is 10.3. The van der Waals surface area contributed by atoms with Gasteiger partial charge in [-0.05, 0) is 17.7 Å². The van der Waals surface area contributed by atoms with E-state index >= 15 is 0 Å². The minimum absolute atomic E-state index is 0.217. The number of hydrogen-bond donors (Lipinski definition) is 1. The molecule has 0 unspecified atom stereocenters. The van der Waals surface area contributed by atoms with Crippen LogP contribution in [0.4, 0.5) is 0 Å². The molecule has 2 nitrogen and oxygen atoms in total. The third-order valence-electron chi connectivity index (χ3n) is 2.00. The van der Waals surface area contributed by atoms with E-state index < -0.39 is 0 Å². The Hall–Kier alpha value is -1.06. The molecule has 0 aliphatic heterocycles. The predicted molar refractivity (Wildman–Crippen MR) is 58.4 cm³/mol. The lowest BCUT2D eigenvalue weighted by Crippen LogP contribution is -1.84. The Balaban J connectivity index is 2.78. The molecule has 0 spiro atoms. The summed E-state index contributed by atoms with van der Waals surface area (Å²) in [7, 11) is 0. The number of fused-ring (bicyclic) bond motifs is 1. The molecule has 0 amide bonds. The number of aldehydes is 1. The van der Waals surface area contributed by atoms with Gasteiger partial charge in [-0.25, -0.2) is 0 Å². The average Bonchev–Trinajstić information content (AvgIpc) is 2.56. The molecular weight excluding hydrogens is 220 g/mol. The number of rotatable bonds is 2. The number of alkyl halides is 1. The Labute approximate surface area is 89.7 Å². The Morgan fingerprint density at radius 1 is 1.43 bits per heavy atom. The van der Waals surface area contributed by atoms with E-state index in [9.17, 15) is 9.90 Å². The smallest absolute Gasteiger partial charge is 0.172 e. The lowest BCUT2D eigenvalue weighted by molar-refractivity contribution is 0.112. The summed E-state index contributed by atoms with van der Waals surface area (Å²) in [6.45, 7) is 0. The van der Waals surface area contributed by atoms with Crippen molar-refractivity contribution in [2.45, 2.75) is 5.88 Å². The van der Waals surface area contributed by atoms with Crippen molar-refractivity contribution in [3.05, 3.63) is 29.3 Å². The maximum atomic E-state index is 10.8. The van der Waals surface area contributed by atoms with Crippen molar-refractivity contribution in [3.63, 3.8) is 0 Å². The van der Waals surface area contributed by atoms with E-state index in [2.05, 4.69) is 0 Å². The first-order valence-electron chi connectivity index (χ1n) is 4.01. The van der Waals surface area contributed by atoms with Crippen molar-refractivity contribution in [1.29, 1.82) is 0 Å². The topological polar surface area (TPSA) is 37.3 Å². The molecule has 1 aromatic heterocycles. The third kappa shape index (κ3) is 1.49. The highest BCUT2D eigenvalue weighted by atomic mass is 35.5. The molecule has 0 aliphatic rings. The largest absolute Gasteiger partial charge is 0.499 e. The van der Waals surface area contributed by atoms with Crippen LogP contribution in [-0.4, -0.2) is 11.4 Å². The molecule has 0 saturated heterocycles. The molecule has 0 bridgehead atoms. The summed E-state index contributed by atoms with van der Waals surface area (Å²) < 4.78 is 0.891. The molecule has 0 saturated carbocycles. The second kappa shape index (κ2) is 3.59. The molecule has 14 heavy (non-hydrogen) atoms. The van der Waals surface area contributed by atoms with E-state index in [4.69, 9.17) is 11.6 Å². The molecule has 72 valence electrons. The summed E-state index contributed by atoms with van der Waals surface area (Å²) in [6, 6.07) is 5.23. The molecular formula is C10H7ClO2S. The molecule has 4 heteroatoms. The maximum absolute atomic E-state index is 10.8. The van der Waals surface area contributed by atoms with Gasteiger partial charge in [-0.2, -0.15) is 0 Å². The zero-order chi connectivity index (χ0) is 10.1. The van der Waals surface area contributed by atoms with E-state index in [0.717, 1.165) is 21.9 Å². The highest BCUT2D eigenvalue weighted by Gasteiger charge is 2.07. The highest BCUT2D eigenvalue weighted by molar-refractivity contribution is 7.20. The Morgan fingerprint density at radius 3 is 2.86 bits per heavy atom. The van der Waals surface area contributed by atoms with Crippen molar-refractivity contribution in [1.82, 2.24) is 0 Å². The number of halogens is 1. The van der Waals surface area contributed by atoms with Gasteiger partial charge in [-0.3, -0.25) is 4.79 Å². The van der Waals surface area contributed by atoms with Crippen molar-refractivity contribution < 1.29 is 9.90 Å². The first-order chi connectivity index (χ1) is 6.74. The van der Waals surface area contributed by atoms with Gasteiger partial charge in [-0.1, -0.05) is 11.3 Å². The average molecular weight is 227 g/mol. The van der Waals surface area contributed by atoms with E-state index in [-0.39, 0.29) is 5.06 Å². The van der Waals surface area contributed by atoms with Crippen LogP contribution in [0.15, 0.2) is 18.2 Å². The molecule has 0 fully saturated rings. The van der Waals surface area contributed by atoms with Gasteiger partial charge in [0, 0.05) is 27.6 Å². The van der Waals surface area contributed by atoms with Gasteiger partial charge < -0.3 is 5.11 Å². The predicted octanol–water partition coefficient (Wildman–Crippen LogP) is 3.16. The van der Waals surface area contributed by atoms with Crippen molar-refractivity contribution >= 4 is 39.3 Å². The monoisotopic (exact) mass is 226 g/mol. The van der Waals surface area contributed by atoms with Crippen LogP contribution in [-0.2, 0) is 5.88 Å². The molecule has 2 aromatic rings. The summed E-state index contributed by atoms with van der Waals surface area (Å²) in [4.78, 5) is 10.8. The van der Waals surface area contributed by atoms with Crippen LogP contribution in [0.3, 0.4) is 0 Å². The van der Waals surface area contributed by atoms with E-state index in [0.29, 0.717) is 11.4 Å². The molecule has 0 aliphatic carbocycles. The fourth-order valence-electron chi connectivity index (χ4n) is 1.39. The van der Waals surface area contributed by atoms with Gasteiger partial charge in [0.2, 0.25) is 0 Å². The van der Waals surface area contributed by atoms with Crippen molar-refractivity contribution in [2.75, 3.05) is 0 Å². The number of thiophene rings is 1. The van der Waals surface area contributed by atoms with Crippen LogP contribution in [0.5, 0.6) is 5.06 Å². The second-order valence-corrected chi connectivity index (χ2v) is 4.26. The summed E-state index contributed by atoms with van der Waals surface area (Å²) in [6.07, 6.45) is 0.782. The van der Waals surface area contributed by atoms with Crippen LogP contribution in [0, 0.1) is 0 Å². The second-order valence-electron chi connectivity index (χ2n) is 2.93. The van der Waals surface area contributed by atoms with Gasteiger partial charge in [0.15, 0.2) is 11.3 Å². The minimum atomic E-state index is 0.217. The number of aromatic hydroxyl groups is 1. The summed E-state index contributed by atoms with van der Waals surface area (Å²) in [5.74, 6) is 0.370. The van der Waals surface area contributed by atoms with Crippen molar-refractivity contribution in [3.8, 4) is 5.06 Å². The van der Waals surface area contributed by atoms with Crippen LogP contribution in [0.1, 0.15) is 15.9 Å². The summed E-state index contributed by atoms with van der Waals surface area (Å²) in [5.41, 5.74) is 1.47. The zero-order valence-corrected chi connectivity index (χ0v) is 8.73. The molecule has 0 radical (unpaired) electrons. The number of hydrogen-bond acceptors (Lipinski definition) is 3. The molecule has 1 N–H and O–H groups in total. The first-order valence-corrected chi connectivity index (χ1v) is 5.36. The lowest BCUT2D eigenvalue weighted by Gasteiger charge is -1.98. The van der Waals surface area contributed by atoms with E-state index in [1.165, 1.54) is 11.3 Å². The van der Waals surface area contributed by atoms with Crippen LogP contribution in [0.25, 0.3) is 10.1 Å². The Morgan fingerprint density at radius 2 is 2.21 bits per heavy atom. The van der Waals surface area contributed by atoms with Crippen molar-refractivity contribution in [2.24, 2.45) is 0 Å². The normalized spacial score (nSPS) is 10.6. The number of carbonyl (C=O) groups is 1. The highest BCUT2D eigenvalue weighted by Crippen LogP contribution is 2.33. The van der Waals surface area contributed by atoms with Crippen LogP contribution in [0.2, 0.25) is 0 Å². The fourth-order valence-corrected chi connectivity index (χ4v) is 2.44. The number of benzene rings is 1. The first kappa shape index (κ1) is 9.49. The molecule has 0 atom stereocenters. The fraction of sp³-hybridized carbons (Fsp3) is 0.100. The molecule has 1 heterocycles. The third-order valence-corrected chi connectivity index (χ3v) is 3.19. The van der Waals surface area contributed by atoms with E-state index in [1.807, 2.05) is 6.07 Å². The quantitative estimate of drug-likeness (QED) is 0.631. The summed E-state index contributed by atoms with van der Waals surface area (Å²) >= 11 is 6.94. The van der Waals surface area contributed by atoms with Gasteiger partial charge in [0.05, 0.1) is 0 Å². The minimum Gasteiger partial charge on any atom is -0.499 e. The van der Waals surface area contributed by atoms with E-state index in [1.54, 1.807) is 12.1 Å². The SMILES string of the molecule is O=Cc1cc(CCl)cc2sc(O)cc12. The number of carbonyl (C=O) groups excluding carboxylic acids is 1. The van der Waals surface area contributed by atoms with Gasteiger partial charge >= 0.3 is 0 Å². The zero-order valence-electron chi connectivity index (χ0n) is 7.16. The molecule has 2 rings (SSSR count).